The molecule has 0 aromatic heterocycles. The third kappa shape index (κ3) is 7.84. The fraction of sp³-hybridized carbons (Fsp3) is 0.333. The second-order valence-electron chi connectivity index (χ2n) is 9.32. The highest BCUT2D eigenvalue weighted by Gasteiger charge is 2.48. The predicted octanol–water partition coefficient (Wildman–Crippen LogP) is 5.09. The van der Waals surface area contributed by atoms with Crippen molar-refractivity contribution in [2.75, 3.05) is 12.4 Å². The second kappa shape index (κ2) is 13.1. The lowest BCUT2D eigenvalue weighted by molar-refractivity contribution is -0.221. The normalized spacial score (nSPS) is 22.0. The zero-order chi connectivity index (χ0) is 26.1. The maximum atomic E-state index is 13.4. The average Bonchev–Trinajstić information content (AvgIpc) is 2.90. The highest BCUT2D eigenvalue weighted by atomic mass is 32.2. The summed E-state index contributed by atoms with van der Waals surface area (Å²) in [5.74, 6) is -0.191. The molecule has 7 heteroatoms. The van der Waals surface area contributed by atoms with Crippen molar-refractivity contribution in [3.63, 3.8) is 0 Å². The van der Waals surface area contributed by atoms with Gasteiger partial charge in [-0.2, -0.15) is 0 Å². The molecular formula is C30H34O6S. The first-order chi connectivity index (χ1) is 17.9. The van der Waals surface area contributed by atoms with E-state index in [9.17, 15) is 8.42 Å². The first-order valence-electron chi connectivity index (χ1n) is 12.4. The molecule has 37 heavy (non-hydrogen) atoms. The molecule has 1 aliphatic heterocycles. The summed E-state index contributed by atoms with van der Waals surface area (Å²) < 4.78 is 51.6. The lowest BCUT2D eigenvalue weighted by atomic mass is 10.0. The van der Waals surface area contributed by atoms with Gasteiger partial charge >= 0.3 is 0 Å². The molecular weight excluding hydrogens is 488 g/mol. The lowest BCUT2D eigenvalue weighted by Crippen LogP contribution is -2.58. The summed E-state index contributed by atoms with van der Waals surface area (Å²) >= 11 is 0. The Balaban J connectivity index is 1.61. The third-order valence-electron chi connectivity index (χ3n) is 6.06. The second-order valence-corrected chi connectivity index (χ2v) is 11.4. The zero-order valence-corrected chi connectivity index (χ0v) is 21.9. The van der Waals surface area contributed by atoms with Gasteiger partial charge in [0.2, 0.25) is 0 Å². The van der Waals surface area contributed by atoms with Crippen LogP contribution >= 0.6 is 0 Å². The zero-order valence-electron chi connectivity index (χ0n) is 21.1. The van der Waals surface area contributed by atoms with Gasteiger partial charge in [0.1, 0.15) is 18.3 Å². The summed E-state index contributed by atoms with van der Waals surface area (Å²) in [4.78, 5) is 0. The molecule has 0 aliphatic carbocycles. The third-order valence-corrected chi connectivity index (χ3v) is 8.07. The van der Waals surface area contributed by atoms with Crippen molar-refractivity contribution < 1.29 is 27.4 Å². The van der Waals surface area contributed by atoms with Gasteiger partial charge in [-0.05, 0) is 23.6 Å². The molecule has 6 nitrogen and oxygen atoms in total. The molecule has 0 amide bonds. The van der Waals surface area contributed by atoms with Crippen LogP contribution in [0.2, 0.25) is 0 Å². The van der Waals surface area contributed by atoms with Crippen LogP contribution in [0.5, 0.6) is 0 Å². The monoisotopic (exact) mass is 522 g/mol. The molecule has 0 radical (unpaired) electrons. The van der Waals surface area contributed by atoms with Crippen LogP contribution in [-0.2, 0) is 48.6 Å². The van der Waals surface area contributed by atoms with Gasteiger partial charge in [0, 0.05) is 0 Å². The van der Waals surface area contributed by atoms with Crippen molar-refractivity contribution in [2.45, 2.75) is 50.5 Å². The number of hydrogen-bond acceptors (Lipinski definition) is 6. The van der Waals surface area contributed by atoms with Crippen LogP contribution in [0, 0.1) is 0 Å². The van der Waals surface area contributed by atoms with Crippen LogP contribution < -0.4 is 0 Å². The predicted molar refractivity (Wildman–Crippen MR) is 143 cm³/mol. The SMILES string of the molecule is C=C(C)CS(=O)(=O)C1OCC(OCc2ccccc2)C(OCc2ccccc2)C1OCc1ccccc1. The topological polar surface area (TPSA) is 71.1 Å². The Hall–Kier alpha value is -2.81. The Kier molecular flexibility index (Phi) is 9.66. The van der Waals surface area contributed by atoms with E-state index in [4.69, 9.17) is 18.9 Å². The Bertz CT molecular complexity index is 1210. The molecule has 196 valence electrons. The van der Waals surface area contributed by atoms with Crippen molar-refractivity contribution in [1.82, 2.24) is 0 Å². The molecule has 1 fully saturated rings. The van der Waals surface area contributed by atoms with Crippen molar-refractivity contribution >= 4 is 9.84 Å². The molecule has 0 saturated carbocycles. The van der Waals surface area contributed by atoms with Crippen LogP contribution in [0.25, 0.3) is 0 Å². The van der Waals surface area contributed by atoms with Crippen LogP contribution in [0.4, 0.5) is 0 Å². The van der Waals surface area contributed by atoms with E-state index in [-0.39, 0.29) is 25.6 Å². The first kappa shape index (κ1) is 27.2. The van der Waals surface area contributed by atoms with Gasteiger partial charge in [-0.15, -0.1) is 0 Å². The van der Waals surface area contributed by atoms with Gasteiger partial charge in [0.05, 0.1) is 32.2 Å². The minimum Gasteiger partial charge on any atom is -0.368 e. The standard InChI is InChI=1S/C30H34O6S/c1-23(2)22-37(31,32)30-29(35-20-26-16-10-5-11-17-26)28(34-19-25-14-8-4-9-15-25)27(21-36-30)33-18-24-12-6-3-7-13-24/h3-17,27-30H,1,18-22H2,2H3. The maximum Gasteiger partial charge on any atom is 0.187 e. The summed E-state index contributed by atoms with van der Waals surface area (Å²) in [7, 11) is -3.72. The number of ether oxygens (including phenoxy) is 4. The van der Waals surface area contributed by atoms with E-state index >= 15 is 0 Å². The quantitative estimate of drug-likeness (QED) is 0.309. The van der Waals surface area contributed by atoms with E-state index in [1.807, 2.05) is 91.0 Å². The lowest BCUT2D eigenvalue weighted by Gasteiger charge is -2.41. The van der Waals surface area contributed by atoms with E-state index in [1.54, 1.807) is 6.92 Å². The van der Waals surface area contributed by atoms with E-state index in [0.717, 1.165) is 16.7 Å². The fourth-order valence-electron chi connectivity index (χ4n) is 4.31. The van der Waals surface area contributed by atoms with Gasteiger partial charge in [-0.3, -0.25) is 0 Å². The van der Waals surface area contributed by atoms with Crippen LogP contribution in [0.3, 0.4) is 0 Å². The maximum absolute atomic E-state index is 13.4. The molecule has 1 heterocycles. The van der Waals surface area contributed by atoms with Crippen molar-refractivity contribution in [1.29, 1.82) is 0 Å². The molecule has 0 bridgehead atoms. The highest BCUT2D eigenvalue weighted by molar-refractivity contribution is 7.92. The number of rotatable bonds is 12. The van der Waals surface area contributed by atoms with Gasteiger partial charge in [-0.25, -0.2) is 8.42 Å². The van der Waals surface area contributed by atoms with Crippen LogP contribution in [0.1, 0.15) is 23.6 Å². The molecule has 1 aliphatic rings. The van der Waals surface area contributed by atoms with Gasteiger partial charge in [0.15, 0.2) is 15.3 Å². The Morgan fingerprint density at radius 1 is 0.757 bits per heavy atom. The Labute approximate surface area is 219 Å². The van der Waals surface area contributed by atoms with E-state index in [1.165, 1.54) is 0 Å². The number of hydrogen-bond donors (Lipinski definition) is 0. The van der Waals surface area contributed by atoms with Crippen molar-refractivity contribution in [3.05, 3.63) is 120 Å². The summed E-state index contributed by atoms with van der Waals surface area (Å²) in [5.41, 5.74) is 2.23. The molecule has 3 aromatic rings. The minimum atomic E-state index is -3.72. The van der Waals surface area contributed by atoms with Crippen LogP contribution in [-0.4, -0.2) is 44.5 Å². The summed E-state index contributed by atoms with van der Waals surface area (Å²) in [5, 5.41) is 0. The Morgan fingerprint density at radius 3 is 1.65 bits per heavy atom. The average molecular weight is 523 g/mol. The minimum absolute atomic E-state index is 0.0670. The molecule has 4 rings (SSSR count). The molecule has 4 unspecified atom stereocenters. The van der Waals surface area contributed by atoms with E-state index < -0.39 is 33.6 Å². The van der Waals surface area contributed by atoms with Gasteiger partial charge in [0.25, 0.3) is 0 Å². The summed E-state index contributed by atoms with van der Waals surface area (Å²) in [6.07, 6.45) is -2.10. The molecule has 1 saturated heterocycles. The first-order valence-corrected chi connectivity index (χ1v) is 14.1. The van der Waals surface area contributed by atoms with Gasteiger partial charge in [-0.1, -0.05) is 103 Å². The van der Waals surface area contributed by atoms with E-state index in [2.05, 4.69) is 6.58 Å². The molecule has 3 aromatic carbocycles. The molecule has 4 atom stereocenters. The molecule has 0 spiro atoms. The van der Waals surface area contributed by atoms with Crippen LogP contribution in [0.15, 0.2) is 103 Å². The van der Waals surface area contributed by atoms with Crippen molar-refractivity contribution in [2.24, 2.45) is 0 Å². The number of benzene rings is 3. The van der Waals surface area contributed by atoms with E-state index in [0.29, 0.717) is 12.2 Å². The van der Waals surface area contributed by atoms with Crippen molar-refractivity contribution in [3.8, 4) is 0 Å². The number of sulfone groups is 1. The fourth-order valence-corrected chi connectivity index (χ4v) is 6.09. The summed E-state index contributed by atoms with van der Waals surface area (Å²) in [6, 6.07) is 29.2. The largest absolute Gasteiger partial charge is 0.368 e. The molecule has 0 N–H and O–H groups in total. The van der Waals surface area contributed by atoms with Gasteiger partial charge < -0.3 is 18.9 Å². The Morgan fingerprint density at radius 2 is 1.19 bits per heavy atom. The highest BCUT2D eigenvalue weighted by Crippen LogP contribution is 2.30. The summed E-state index contributed by atoms with van der Waals surface area (Å²) in [6.45, 7) is 6.39. The smallest absolute Gasteiger partial charge is 0.187 e.